The Hall–Kier alpha value is -2.19. The largest absolute Gasteiger partial charge is 0.383 e. The molecule has 5 heteroatoms. The first-order chi connectivity index (χ1) is 9.47. The quantitative estimate of drug-likeness (QED) is 0.662. The van der Waals surface area contributed by atoms with E-state index in [2.05, 4.69) is 5.32 Å². The molecular weight excluding hydrogens is 259 g/mol. The van der Waals surface area contributed by atoms with Crippen molar-refractivity contribution in [3.63, 3.8) is 0 Å². The van der Waals surface area contributed by atoms with Crippen LogP contribution >= 0.6 is 0 Å². The highest BCUT2D eigenvalue weighted by Gasteiger charge is 2.12. The van der Waals surface area contributed by atoms with Crippen LogP contribution in [0.1, 0.15) is 18.1 Å². The minimum atomic E-state index is -0.473. The molecule has 0 heterocycles. The Morgan fingerprint density at radius 2 is 2.30 bits per heavy atom. The number of benzene rings is 1. The maximum atomic E-state index is 13.2. The highest BCUT2D eigenvalue weighted by molar-refractivity contribution is 6.01. The summed E-state index contributed by atoms with van der Waals surface area (Å²) in [5, 5.41) is 11.7. The molecule has 1 atom stereocenters. The number of hydrogen-bond donors (Lipinski definition) is 1. The lowest BCUT2D eigenvalue weighted by atomic mass is 10.1. The third-order valence-corrected chi connectivity index (χ3v) is 2.65. The topological polar surface area (TPSA) is 62.1 Å². The van der Waals surface area contributed by atoms with Crippen molar-refractivity contribution in [1.29, 1.82) is 5.26 Å². The molecule has 0 aromatic heterocycles. The number of nitrogens with one attached hydrogen (secondary N) is 1. The van der Waals surface area contributed by atoms with Gasteiger partial charge in [0.2, 0.25) is 0 Å². The van der Waals surface area contributed by atoms with Crippen LogP contribution in [0.15, 0.2) is 23.8 Å². The molecule has 1 aromatic carbocycles. The van der Waals surface area contributed by atoms with Gasteiger partial charge >= 0.3 is 0 Å². The molecule has 0 fully saturated rings. The average Bonchev–Trinajstić information content (AvgIpc) is 2.40. The monoisotopic (exact) mass is 276 g/mol. The van der Waals surface area contributed by atoms with E-state index in [4.69, 9.17) is 10.00 Å². The number of amides is 1. The van der Waals surface area contributed by atoms with Crippen molar-refractivity contribution in [3.8, 4) is 6.07 Å². The second-order valence-corrected chi connectivity index (χ2v) is 4.51. The van der Waals surface area contributed by atoms with Crippen LogP contribution in [0.2, 0.25) is 0 Å². The van der Waals surface area contributed by atoms with E-state index in [1.807, 2.05) is 6.07 Å². The molecule has 20 heavy (non-hydrogen) atoms. The van der Waals surface area contributed by atoms with Crippen molar-refractivity contribution in [2.45, 2.75) is 19.9 Å². The first-order valence-corrected chi connectivity index (χ1v) is 6.15. The third kappa shape index (κ3) is 4.48. The number of carbonyl (C=O) groups is 1. The number of nitrogens with zero attached hydrogens (tertiary/aromatic N) is 1. The zero-order chi connectivity index (χ0) is 15.1. The average molecular weight is 276 g/mol. The van der Waals surface area contributed by atoms with Crippen LogP contribution < -0.4 is 5.32 Å². The lowest BCUT2D eigenvalue weighted by molar-refractivity contribution is -0.117. The van der Waals surface area contributed by atoms with Crippen molar-refractivity contribution < 1.29 is 13.9 Å². The fourth-order valence-electron chi connectivity index (χ4n) is 1.67. The van der Waals surface area contributed by atoms with E-state index in [-0.39, 0.29) is 17.4 Å². The number of halogens is 1. The normalized spacial score (nSPS) is 12.7. The molecule has 1 aromatic rings. The summed E-state index contributed by atoms with van der Waals surface area (Å²) < 4.78 is 18.1. The van der Waals surface area contributed by atoms with Crippen molar-refractivity contribution in [3.05, 3.63) is 40.7 Å². The van der Waals surface area contributed by atoms with Gasteiger partial charge in [-0.3, -0.25) is 4.79 Å². The number of carbonyl (C=O) groups excluding carboxylic acids is 1. The molecule has 1 amide bonds. The van der Waals surface area contributed by atoms with Gasteiger partial charge in [0.1, 0.15) is 17.5 Å². The molecule has 0 saturated heterocycles. The lowest BCUT2D eigenvalue weighted by Gasteiger charge is -2.12. The zero-order valence-electron chi connectivity index (χ0n) is 11.7. The summed E-state index contributed by atoms with van der Waals surface area (Å²) in [6.45, 7) is 3.76. The molecule has 0 aliphatic heterocycles. The minimum absolute atomic E-state index is 0.0287. The molecule has 1 rings (SSSR count). The number of aryl methyl sites for hydroxylation is 1. The molecule has 0 aliphatic rings. The van der Waals surface area contributed by atoms with Crippen molar-refractivity contribution >= 4 is 12.0 Å². The van der Waals surface area contributed by atoms with Crippen molar-refractivity contribution in [2.75, 3.05) is 13.7 Å². The highest BCUT2D eigenvalue weighted by atomic mass is 19.1. The maximum absolute atomic E-state index is 13.2. The summed E-state index contributed by atoms with van der Waals surface area (Å²) in [7, 11) is 1.53. The van der Waals surface area contributed by atoms with Gasteiger partial charge < -0.3 is 10.1 Å². The zero-order valence-corrected chi connectivity index (χ0v) is 11.7. The predicted octanol–water partition coefficient (Wildman–Crippen LogP) is 2.19. The minimum Gasteiger partial charge on any atom is -0.383 e. The van der Waals surface area contributed by atoms with Crippen LogP contribution in [-0.4, -0.2) is 25.7 Å². The Morgan fingerprint density at radius 1 is 1.60 bits per heavy atom. The molecule has 0 bridgehead atoms. The van der Waals surface area contributed by atoms with Crippen molar-refractivity contribution in [2.24, 2.45) is 0 Å². The Labute approximate surface area is 117 Å². The Morgan fingerprint density at radius 3 is 2.85 bits per heavy atom. The van der Waals surface area contributed by atoms with Gasteiger partial charge in [-0.05, 0) is 43.2 Å². The number of ether oxygens (including phenoxy) is 1. The second kappa shape index (κ2) is 7.41. The summed E-state index contributed by atoms with van der Waals surface area (Å²) in [5.41, 5.74) is 1.04. The van der Waals surface area contributed by atoms with E-state index in [1.165, 1.54) is 25.3 Å². The van der Waals surface area contributed by atoms with Crippen LogP contribution in [0, 0.1) is 24.1 Å². The molecule has 0 saturated carbocycles. The van der Waals surface area contributed by atoms with Gasteiger partial charge in [-0.25, -0.2) is 4.39 Å². The standard InChI is InChI=1S/C15H17FN2O2/c1-10-6-12(4-5-14(10)16)7-13(8-17)15(19)18-11(2)9-20-3/h4-7,11H,9H2,1-3H3,(H,18,19)/b13-7-/t11-/m0/s1. The number of nitriles is 1. The summed E-state index contributed by atoms with van der Waals surface area (Å²) in [4.78, 5) is 11.9. The number of methoxy groups -OCH3 is 1. The van der Waals surface area contributed by atoms with Crippen LogP contribution in [-0.2, 0) is 9.53 Å². The van der Waals surface area contributed by atoms with E-state index in [0.29, 0.717) is 17.7 Å². The number of rotatable bonds is 5. The molecule has 1 N–H and O–H groups in total. The van der Waals surface area contributed by atoms with Gasteiger partial charge in [-0.1, -0.05) is 6.07 Å². The molecule has 0 unspecified atom stereocenters. The predicted molar refractivity (Wildman–Crippen MR) is 74.2 cm³/mol. The van der Waals surface area contributed by atoms with E-state index < -0.39 is 5.91 Å². The van der Waals surface area contributed by atoms with Crippen LogP contribution in [0.25, 0.3) is 6.08 Å². The summed E-state index contributed by atoms with van der Waals surface area (Å²) in [6.07, 6.45) is 1.43. The molecule has 106 valence electrons. The van der Waals surface area contributed by atoms with Gasteiger partial charge in [0.05, 0.1) is 6.61 Å². The van der Waals surface area contributed by atoms with Gasteiger partial charge in [0, 0.05) is 13.2 Å². The second-order valence-electron chi connectivity index (χ2n) is 4.51. The fourth-order valence-corrected chi connectivity index (χ4v) is 1.67. The Balaban J connectivity index is 2.89. The SMILES string of the molecule is COC[C@H](C)NC(=O)/C(C#N)=C\c1ccc(F)c(C)c1. The van der Waals surface area contributed by atoms with E-state index in [0.717, 1.165) is 0 Å². The van der Waals surface area contributed by atoms with Crippen LogP contribution in [0.3, 0.4) is 0 Å². The van der Waals surface area contributed by atoms with E-state index in [9.17, 15) is 9.18 Å². The van der Waals surface area contributed by atoms with Gasteiger partial charge in [0.15, 0.2) is 0 Å². The van der Waals surface area contributed by atoms with Crippen molar-refractivity contribution in [1.82, 2.24) is 5.32 Å². The summed E-state index contributed by atoms with van der Waals surface area (Å²) >= 11 is 0. The summed E-state index contributed by atoms with van der Waals surface area (Å²) in [5.74, 6) is -0.794. The fraction of sp³-hybridized carbons (Fsp3) is 0.333. The smallest absolute Gasteiger partial charge is 0.262 e. The van der Waals surface area contributed by atoms with Crippen LogP contribution in [0.5, 0.6) is 0 Å². The van der Waals surface area contributed by atoms with Gasteiger partial charge in [0.25, 0.3) is 5.91 Å². The van der Waals surface area contributed by atoms with Gasteiger partial charge in [-0.15, -0.1) is 0 Å². The molecule has 0 radical (unpaired) electrons. The van der Waals surface area contributed by atoms with E-state index >= 15 is 0 Å². The first-order valence-electron chi connectivity index (χ1n) is 6.15. The van der Waals surface area contributed by atoms with E-state index in [1.54, 1.807) is 19.9 Å². The molecule has 4 nitrogen and oxygen atoms in total. The molecule has 0 aliphatic carbocycles. The lowest BCUT2D eigenvalue weighted by Crippen LogP contribution is -2.36. The maximum Gasteiger partial charge on any atom is 0.262 e. The first kappa shape index (κ1) is 15.9. The Kier molecular flexibility index (Phi) is 5.88. The number of hydrogen-bond acceptors (Lipinski definition) is 3. The van der Waals surface area contributed by atoms with Gasteiger partial charge in [-0.2, -0.15) is 5.26 Å². The molecule has 0 spiro atoms. The van der Waals surface area contributed by atoms with Crippen LogP contribution in [0.4, 0.5) is 4.39 Å². The highest BCUT2D eigenvalue weighted by Crippen LogP contribution is 2.12. The molecular formula is C15H17FN2O2. The Bertz CT molecular complexity index is 561. The summed E-state index contributed by atoms with van der Waals surface area (Å²) in [6, 6.07) is 6.06. The third-order valence-electron chi connectivity index (χ3n) is 2.65.